The Hall–Kier alpha value is -3.51. The van der Waals surface area contributed by atoms with Gasteiger partial charge < -0.3 is 5.32 Å². The lowest BCUT2D eigenvalue weighted by Gasteiger charge is -2.09. The number of nitrogens with zero attached hydrogens (tertiary/aromatic N) is 2. The molecule has 0 aliphatic rings. The molecule has 0 fully saturated rings. The summed E-state index contributed by atoms with van der Waals surface area (Å²) >= 11 is 1.39. The number of nitrogens with one attached hydrogen (secondary N) is 1. The van der Waals surface area contributed by atoms with E-state index in [1.807, 2.05) is 66.7 Å². The third-order valence-corrected chi connectivity index (χ3v) is 5.84. The van der Waals surface area contributed by atoms with Gasteiger partial charge >= 0.3 is 0 Å². The van der Waals surface area contributed by atoms with E-state index < -0.39 is 0 Å². The number of carbonyl (C=O) groups is 2. The molecule has 6 heteroatoms. The molecule has 154 valence electrons. The SMILES string of the molecule is CC(=O)NCc1ccc(C(=O)CSc2nnc(-c3ccccc3)c3ccccc23)cc1. The zero-order chi connectivity index (χ0) is 21.6. The molecule has 31 heavy (non-hydrogen) atoms. The van der Waals surface area contributed by atoms with Crippen molar-refractivity contribution in [3.05, 3.63) is 90.0 Å². The van der Waals surface area contributed by atoms with Crippen molar-refractivity contribution >= 4 is 34.2 Å². The summed E-state index contributed by atoms with van der Waals surface area (Å²) in [5.74, 6) is 0.214. The molecule has 0 saturated heterocycles. The summed E-state index contributed by atoms with van der Waals surface area (Å²) in [5.41, 5.74) is 3.44. The van der Waals surface area contributed by atoms with Gasteiger partial charge in [-0.3, -0.25) is 9.59 Å². The van der Waals surface area contributed by atoms with Crippen LogP contribution in [0.15, 0.2) is 83.9 Å². The van der Waals surface area contributed by atoms with Gasteiger partial charge in [-0.15, -0.1) is 10.2 Å². The number of benzene rings is 3. The van der Waals surface area contributed by atoms with Gasteiger partial charge in [-0.1, -0.05) is 90.6 Å². The van der Waals surface area contributed by atoms with Crippen LogP contribution in [0.5, 0.6) is 0 Å². The van der Waals surface area contributed by atoms with Crippen molar-refractivity contribution in [3.63, 3.8) is 0 Å². The minimum absolute atomic E-state index is 0.0223. The number of amides is 1. The van der Waals surface area contributed by atoms with Crippen LogP contribution in [0.25, 0.3) is 22.0 Å². The summed E-state index contributed by atoms with van der Waals surface area (Å²) in [5, 5.41) is 14.4. The molecule has 5 nitrogen and oxygen atoms in total. The van der Waals surface area contributed by atoms with Crippen molar-refractivity contribution in [2.24, 2.45) is 0 Å². The number of hydrogen-bond donors (Lipinski definition) is 1. The Balaban J connectivity index is 1.50. The minimum Gasteiger partial charge on any atom is -0.352 e. The summed E-state index contributed by atoms with van der Waals surface area (Å²) in [7, 11) is 0. The number of ketones is 1. The van der Waals surface area contributed by atoms with Crippen molar-refractivity contribution in [1.29, 1.82) is 0 Å². The molecule has 0 atom stereocenters. The molecule has 0 aliphatic heterocycles. The van der Waals surface area contributed by atoms with Crippen LogP contribution in [0.4, 0.5) is 0 Å². The molecule has 0 bridgehead atoms. The Morgan fingerprint density at radius 2 is 1.52 bits per heavy atom. The minimum atomic E-state index is -0.0804. The standard InChI is InChI=1S/C25H21N3O2S/c1-17(29)26-15-18-11-13-19(14-12-18)23(30)16-31-25-22-10-6-5-9-21(22)24(27-28-25)20-7-3-2-4-8-20/h2-14H,15-16H2,1H3,(H,26,29). The fourth-order valence-corrected chi connectivity index (χ4v) is 4.11. The van der Waals surface area contributed by atoms with Gasteiger partial charge in [-0.05, 0) is 5.56 Å². The zero-order valence-electron chi connectivity index (χ0n) is 17.0. The fourth-order valence-electron chi connectivity index (χ4n) is 3.25. The van der Waals surface area contributed by atoms with Gasteiger partial charge in [0, 0.05) is 35.4 Å². The van der Waals surface area contributed by atoms with Crippen LogP contribution < -0.4 is 5.32 Å². The van der Waals surface area contributed by atoms with E-state index in [0.717, 1.165) is 32.6 Å². The topological polar surface area (TPSA) is 72.0 Å². The molecule has 3 aromatic carbocycles. The highest BCUT2D eigenvalue weighted by Gasteiger charge is 2.13. The number of carbonyl (C=O) groups excluding carboxylic acids is 2. The monoisotopic (exact) mass is 427 g/mol. The Bertz CT molecular complexity index is 1220. The normalized spacial score (nSPS) is 10.7. The second-order valence-corrected chi connectivity index (χ2v) is 8.05. The number of Topliss-reactive ketones (excluding diaryl/α,β-unsaturated/α-hetero) is 1. The first-order chi connectivity index (χ1) is 15.1. The van der Waals surface area contributed by atoms with E-state index in [0.29, 0.717) is 12.1 Å². The van der Waals surface area contributed by atoms with Crippen LogP contribution in [-0.4, -0.2) is 27.6 Å². The maximum atomic E-state index is 12.7. The number of fused-ring (bicyclic) bond motifs is 1. The number of aromatic nitrogens is 2. The van der Waals surface area contributed by atoms with Crippen molar-refractivity contribution < 1.29 is 9.59 Å². The number of thioether (sulfide) groups is 1. The molecule has 1 heterocycles. The number of rotatable bonds is 7. The molecule has 0 spiro atoms. The lowest BCUT2D eigenvalue weighted by atomic mass is 10.1. The van der Waals surface area contributed by atoms with Gasteiger partial charge in [0.2, 0.25) is 5.91 Å². The maximum Gasteiger partial charge on any atom is 0.217 e. The third-order valence-electron chi connectivity index (χ3n) is 4.86. The Morgan fingerprint density at radius 1 is 0.839 bits per heavy atom. The van der Waals surface area contributed by atoms with E-state index in [4.69, 9.17) is 0 Å². The van der Waals surface area contributed by atoms with Crippen molar-refractivity contribution in [2.45, 2.75) is 18.5 Å². The van der Waals surface area contributed by atoms with Gasteiger partial charge in [0.15, 0.2) is 5.78 Å². The molecule has 0 aliphatic carbocycles. The molecule has 0 saturated carbocycles. The van der Waals surface area contributed by atoms with Gasteiger partial charge in [-0.25, -0.2) is 0 Å². The van der Waals surface area contributed by atoms with E-state index in [1.54, 1.807) is 12.1 Å². The first-order valence-corrected chi connectivity index (χ1v) is 10.9. The molecule has 1 aromatic heterocycles. The Labute approximate surface area is 184 Å². The zero-order valence-corrected chi connectivity index (χ0v) is 17.9. The molecule has 4 aromatic rings. The van der Waals surface area contributed by atoms with Crippen LogP contribution in [0.1, 0.15) is 22.8 Å². The average Bonchev–Trinajstić information content (AvgIpc) is 2.82. The second-order valence-electron chi connectivity index (χ2n) is 7.08. The average molecular weight is 428 g/mol. The Morgan fingerprint density at radius 3 is 2.23 bits per heavy atom. The maximum absolute atomic E-state index is 12.7. The first-order valence-electron chi connectivity index (χ1n) is 9.92. The molecule has 1 N–H and O–H groups in total. The fraction of sp³-hybridized carbons (Fsp3) is 0.120. The molecule has 1 amide bonds. The van der Waals surface area contributed by atoms with Crippen LogP contribution in [-0.2, 0) is 11.3 Å². The summed E-state index contributed by atoms with van der Waals surface area (Å²) in [6.07, 6.45) is 0. The third kappa shape index (κ3) is 4.98. The number of hydrogen-bond acceptors (Lipinski definition) is 5. The summed E-state index contributed by atoms with van der Waals surface area (Å²) in [6, 6.07) is 25.3. The van der Waals surface area contributed by atoms with Crippen molar-refractivity contribution in [3.8, 4) is 11.3 Å². The molecule has 0 unspecified atom stereocenters. The van der Waals surface area contributed by atoms with Crippen LogP contribution in [0, 0.1) is 0 Å². The van der Waals surface area contributed by atoms with Crippen LogP contribution in [0.3, 0.4) is 0 Å². The summed E-state index contributed by atoms with van der Waals surface area (Å²) in [4.78, 5) is 23.7. The van der Waals surface area contributed by atoms with Gasteiger partial charge in [-0.2, -0.15) is 0 Å². The van der Waals surface area contributed by atoms with E-state index in [9.17, 15) is 9.59 Å². The van der Waals surface area contributed by atoms with Gasteiger partial charge in [0.25, 0.3) is 0 Å². The highest BCUT2D eigenvalue weighted by Crippen LogP contribution is 2.31. The van der Waals surface area contributed by atoms with E-state index >= 15 is 0 Å². The van der Waals surface area contributed by atoms with Crippen molar-refractivity contribution in [2.75, 3.05) is 5.75 Å². The predicted molar refractivity (Wildman–Crippen MR) is 124 cm³/mol. The molecule has 0 radical (unpaired) electrons. The molecular weight excluding hydrogens is 406 g/mol. The summed E-state index contributed by atoms with van der Waals surface area (Å²) < 4.78 is 0. The first kappa shape index (κ1) is 20.8. The van der Waals surface area contributed by atoms with E-state index in [2.05, 4.69) is 15.5 Å². The lowest BCUT2D eigenvalue weighted by molar-refractivity contribution is -0.119. The molecule has 4 rings (SSSR count). The van der Waals surface area contributed by atoms with E-state index in [-0.39, 0.29) is 17.4 Å². The highest BCUT2D eigenvalue weighted by atomic mass is 32.2. The quantitative estimate of drug-likeness (QED) is 0.335. The van der Waals surface area contributed by atoms with Crippen LogP contribution >= 0.6 is 11.8 Å². The molecular formula is C25H21N3O2S. The van der Waals surface area contributed by atoms with Crippen molar-refractivity contribution in [1.82, 2.24) is 15.5 Å². The predicted octanol–water partition coefficient (Wildman–Crippen LogP) is 4.91. The lowest BCUT2D eigenvalue weighted by Crippen LogP contribution is -2.18. The smallest absolute Gasteiger partial charge is 0.217 e. The summed E-state index contributed by atoms with van der Waals surface area (Å²) in [6.45, 7) is 1.93. The Kier molecular flexibility index (Phi) is 6.38. The van der Waals surface area contributed by atoms with Gasteiger partial charge in [0.05, 0.1) is 5.75 Å². The van der Waals surface area contributed by atoms with Crippen LogP contribution in [0.2, 0.25) is 0 Å². The second kappa shape index (κ2) is 9.53. The van der Waals surface area contributed by atoms with E-state index in [1.165, 1.54) is 18.7 Å². The largest absolute Gasteiger partial charge is 0.352 e. The highest BCUT2D eigenvalue weighted by molar-refractivity contribution is 8.00. The van der Waals surface area contributed by atoms with Gasteiger partial charge in [0.1, 0.15) is 10.7 Å².